The number of rotatable bonds is 42. The molecule has 0 aromatic heterocycles. The molecule has 0 saturated carbocycles. The highest BCUT2D eigenvalue weighted by Gasteiger charge is 2.18. The maximum absolute atomic E-state index is 12.4. The molecular weight excluding hydrogens is 631 g/mol. The molecule has 0 fully saturated rings. The SMILES string of the molecule is CCCCCCCCCCCCCCCCCCCCCCCCCCCC(=O)N[C@@H](CO)[C@H](O)/C=C/[C@H](O)CCCCCCCCCCCC. The standard InChI is InChI=1S/C46H91NO4/c1-3-5-7-9-11-13-15-16-17-18-19-20-21-22-23-24-25-26-27-28-29-31-33-35-37-39-46(51)47-44(42-48)45(50)41-40-43(49)38-36-34-32-30-14-12-10-8-6-4-2/h40-41,43-45,48-50H,3-39,42H2,1-2H3,(H,47,51)/b41-40+/t43-,44+,45-/m1/s1. The molecule has 0 aromatic rings. The summed E-state index contributed by atoms with van der Waals surface area (Å²) in [5.74, 6) is -0.124. The number of nitrogens with one attached hydrogen (secondary N) is 1. The number of aliphatic hydroxyl groups is 3. The van der Waals surface area contributed by atoms with Crippen molar-refractivity contribution in [2.24, 2.45) is 0 Å². The number of amides is 1. The fourth-order valence-corrected chi connectivity index (χ4v) is 7.26. The first-order valence-electron chi connectivity index (χ1n) is 23.0. The Balaban J connectivity index is 3.54. The summed E-state index contributed by atoms with van der Waals surface area (Å²) >= 11 is 0. The van der Waals surface area contributed by atoms with Gasteiger partial charge in [0.25, 0.3) is 0 Å². The lowest BCUT2D eigenvalue weighted by molar-refractivity contribution is -0.123. The van der Waals surface area contributed by atoms with Crippen LogP contribution in [0, 0.1) is 0 Å². The van der Waals surface area contributed by atoms with Gasteiger partial charge >= 0.3 is 0 Å². The quantitative estimate of drug-likeness (QED) is 0.0373. The number of hydrogen-bond donors (Lipinski definition) is 4. The summed E-state index contributed by atoms with van der Waals surface area (Å²) in [5, 5.41) is 33.2. The highest BCUT2D eigenvalue weighted by molar-refractivity contribution is 5.76. The van der Waals surface area contributed by atoms with Gasteiger partial charge in [-0.25, -0.2) is 0 Å². The van der Waals surface area contributed by atoms with Crippen LogP contribution in [0.4, 0.5) is 0 Å². The van der Waals surface area contributed by atoms with Gasteiger partial charge in [-0.2, -0.15) is 0 Å². The summed E-state index contributed by atoms with van der Waals surface area (Å²) in [4.78, 5) is 12.4. The molecule has 0 aliphatic carbocycles. The van der Waals surface area contributed by atoms with Crippen molar-refractivity contribution in [3.8, 4) is 0 Å². The van der Waals surface area contributed by atoms with Gasteiger partial charge in [0.2, 0.25) is 5.91 Å². The van der Waals surface area contributed by atoms with E-state index in [1.807, 2.05) is 0 Å². The van der Waals surface area contributed by atoms with Crippen molar-refractivity contribution in [1.29, 1.82) is 0 Å². The van der Waals surface area contributed by atoms with Crippen LogP contribution in [-0.4, -0.2) is 46.1 Å². The van der Waals surface area contributed by atoms with Crippen molar-refractivity contribution in [2.45, 2.75) is 270 Å². The highest BCUT2D eigenvalue weighted by Crippen LogP contribution is 2.17. The van der Waals surface area contributed by atoms with Crippen molar-refractivity contribution >= 4 is 5.91 Å². The molecule has 0 unspecified atom stereocenters. The second-order valence-electron chi connectivity index (χ2n) is 16.0. The molecule has 5 heteroatoms. The zero-order valence-electron chi connectivity index (χ0n) is 34.5. The van der Waals surface area contributed by atoms with Crippen LogP contribution in [-0.2, 0) is 4.79 Å². The lowest BCUT2D eigenvalue weighted by atomic mass is 10.0. The second-order valence-corrected chi connectivity index (χ2v) is 16.0. The number of unbranched alkanes of at least 4 members (excludes halogenated alkanes) is 33. The molecule has 0 spiro atoms. The first-order chi connectivity index (χ1) is 25.0. The third kappa shape index (κ3) is 38.6. The average molecular weight is 722 g/mol. The molecule has 0 saturated heterocycles. The van der Waals surface area contributed by atoms with E-state index in [9.17, 15) is 20.1 Å². The number of hydrogen-bond acceptors (Lipinski definition) is 4. The summed E-state index contributed by atoms with van der Waals surface area (Å²) < 4.78 is 0. The maximum atomic E-state index is 12.4. The van der Waals surface area contributed by atoms with Crippen LogP contribution in [0.1, 0.15) is 251 Å². The predicted molar refractivity (Wildman–Crippen MR) is 222 cm³/mol. The molecule has 0 aliphatic rings. The first kappa shape index (κ1) is 50.1. The summed E-state index contributed by atoms with van der Waals surface area (Å²) in [6.45, 7) is 4.21. The Bertz CT molecular complexity index is 713. The monoisotopic (exact) mass is 722 g/mol. The van der Waals surface area contributed by atoms with Gasteiger partial charge in [0, 0.05) is 6.42 Å². The van der Waals surface area contributed by atoms with E-state index >= 15 is 0 Å². The molecule has 0 aromatic carbocycles. The summed E-state index contributed by atoms with van der Waals surface area (Å²) in [6, 6.07) is -0.738. The minimum Gasteiger partial charge on any atom is -0.394 e. The minimum absolute atomic E-state index is 0.124. The molecular formula is C46H91NO4. The molecule has 3 atom stereocenters. The smallest absolute Gasteiger partial charge is 0.220 e. The van der Waals surface area contributed by atoms with Gasteiger partial charge in [0.15, 0.2) is 0 Å². The Kier molecular flexibility index (Phi) is 41.1. The van der Waals surface area contributed by atoms with Gasteiger partial charge in [-0.1, -0.05) is 244 Å². The predicted octanol–water partition coefficient (Wildman–Crippen LogP) is 13.2. The Labute approximate surface area is 319 Å². The van der Waals surface area contributed by atoms with Crippen LogP contribution >= 0.6 is 0 Å². The van der Waals surface area contributed by atoms with Crippen molar-refractivity contribution in [3.63, 3.8) is 0 Å². The van der Waals surface area contributed by atoms with E-state index in [4.69, 9.17) is 0 Å². The zero-order valence-corrected chi connectivity index (χ0v) is 34.5. The van der Waals surface area contributed by atoms with Crippen molar-refractivity contribution < 1.29 is 20.1 Å². The molecule has 0 heterocycles. The van der Waals surface area contributed by atoms with E-state index in [0.29, 0.717) is 12.8 Å². The van der Waals surface area contributed by atoms with E-state index in [0.717, 1.165) is 32.1 Å². The Morgan fingerprint density at radius 2 is 0.745 bits per heavy atom. The summed E-state index contributed by atoms with van der Waals surface area (Å²) in [6.07, 6.45) is 49.2. The van der Waals surface area contributed by atoms with Crippen LogP contribution in [0.3, 0.4) is 0 Å². The Hall–Kier alpha value is -0.910. The Morgan fingerprint density at radius 3 is 1.06 bits per heavy atom. The fraction of sp³-hybridized carbons (Fsp3) is 0.935. The topological polar surface area (TPSA) is 89.8 Å². The molecule has 0 bridgehead atoms. The van der Waals surface area contributed by atoms with Crippen LogP contribution in [0.15, 0.2) is 12.2 Å². The Morgan fingerprint density at radius 1 is 0.451 bits per heavy atom. The molecule has 0 aliphatic heterocycles. The number of carbonyl (C=O) groups is 1. The normalized spacial score (nSPS) is 13.6. The van der Waals surface area contributed by atoms with Crippen LogP contribution < -0.4 is 5.32 Å². The lowest BCUT2D eigenvalue weighted by Crippen LogP contribution is -2.45. The molecule has 51 heavy (non-hydrogen) atoms. The van der Waals surface area contributed by atoms with Gasteiger partial charge in [-0.05, 0) is 12.8 Å². The lowest BCUT2D eigenvalue weighted by Gasteiger charge is -2.20. The molecule has 0 radical (unpaired) electrons. The van der Waals surface area contributed by atoms with E-state index in [1.165, 1.54) is 199 Å². The second kappa shape index (κ2) is 41.8. The summed E-state index contributed by atoms with van der Waals surface area (Å²) in [5.41, 5.74) is 0. The number of carbonyl (C=O) groups excluding carboxylic acids is 1. The van der Waals surface area contributed by atoms with E-state index in [1.54, 1.807) is 6.08 Å². The fourth-order valence-electron chi connectivity index (χ4n) is 7.26. The van der Waals surface area contributed by atoms with Gasteiger partial charge in [0.05, 0.1) is 24.9 Å². The number of aliphatic hydroxyl groups excluding tert-OH is 3. The van der Waals surface area contributed by atoms with Gasteiger partial charge in [0.1, 0.15) is 0 Å². The van der Waals surface area contributed by atoms with Crippen LogP contribution in [0.25, 0.3) is 0 Å². The molecule has 304 valence electrons. The van der Waals surface area contributed by atoms with Gasteiger partial charge in [-0.3, -0.25) is 4.79 Å². The third-order valence-electron chi connectivity index (χ3n) is 10.8. The minimum atomic E-state index is -1.01. The summed E-state index contributed by atoms with van der Waals surface area (Å²) in [7, 11) is 0. The van der Waals surface area contributed by atoms with Crippen LogP contribution in [0.2, 0.25) is 0 Å². The largest absolute Gasteiger partial charge is 0.394 e. The average Bonchev–Trinajstić information content (AvgIpc) is 3.13. The van der Waals surface area contributed by atoms with E-state index in [-0.39, 0.29) is 12.5 Å². The van der Waals surface area contributed by atoms with E-state index in [2.05, 4.69) is 19.2 Å². The molecule has 1 amide bonds. The third-order valence-corrected chi connectivity index (χ3v) is 10.8. The van der Waals surface area contributed by atoms with Crippen molar-refractivity contribution in [1.82, 2.24) is 5.32 Å². The van der Waals surface area contributed by atoms with Crippen LogP contribution in [0.5, 0.6) is 0 Å². The molecule has 0 rings (SSSR count). The van der Waals surface area contributed by atoms with Gasteiger partial charge in [-0.15, -0.1) is 0 Å². The van der Waals surface area contributed by atoms with Gasteiger partial charge < -0.3 is 20.6 Å². The van der Waals surface area contributed by atoms with E-state index < -0.39 is 18.2 Å². The first-order valence-corrected chi connectivity index (χ1v) is 23.0. The highest BCUT2D eigenvalue weighted by atomic mass is 16.3. The molecule has 4 N–H and O–H groups in total. The van der Waals surface area contributed by atoms with Crippen molar-refractivity contribution in [2.75, 3.05) is 6.61 Å². The zero-order chi connectivity index (χ0) is 37.3. The maximum Gasteiger partial charge on any atom is 0.220 e. The van der Waals surface area contributed by atoms with Crippen molar-refractivity contribution in [3.05, 3.63) is 12.2 Å². The molecule has 5 nitrogen and oxygen atoms in total.